The van der Waals surface area contributed by atoms with Gasteiger partial charge in [0, 0.05) is 11.1 Å². The number of Topliss-reactive ketones (excluding diaryl/α,β-unsaturated/α-hetero) is 1. The molecule has 2 aromatic carbocycles. The SMILES string of the molecule is Cc1ccc(-c2nnc(SCC(=O)c3ccc(C(C)C)cc3)o2)cc1C. The van der Waals surface area contributed by atoms with Gasteiger partial charge in [-0.25, -0.2) is 0 Å². The van der Waals surface area contributed by atoms with Crippen LogP contribution in [0.1, 0.15) is 46.8 Å². The van der Waals surface area contributed by atoms with Crippen LogP contribution < -0.4 is 0 Å². The Morgan fingerprint density at radius 2 is 1.77 bits per heavy atom. The molecule has 0 radical (unpaired) electrons. The minimum absolute atomic E-state index is 0.0521. The summed E-state index contributed by atoms with van der Waals surface area (Å²) in [6.07, 6.45) is 0. The number of nitrogens with zero attached hydrogens (tertiary/aromatic N) is 2. The second-order valence-electron chi connectivity index (χ2n) is 6.66. The zero-order chi connectivity index (χ0) is 18.7. The van der Waals surface area contributed by atoms with Crippen molar-refractivity contribution in [3.63, 3.8) is 0 Å². The van der Waals surface area contributed by atoms with Crippen molar-refractivity contribution in [2.45, 2.75) is 38.8 Å². The molecule has 4 nitrogen and oxygen atoms in total. The van der Waals surface area contributed by atoms with Crippen LogP contribution in [-0.2, 0) is 0 Å². The minimum atomic E-state index is 0.0521. The van der Waals surface area contributed by atoms with Crippen LogP contribution in [-0.4, -0.2) is 21.7 Å². The lowest BCUT2D eigenvalue weighted by Gasteiger charge is -2.05. The van der Waals surface area contributed by atoms with Gasteiger partial charge in [0.25, 0.3) is 5.22 Å². The first-order valence-electron chi connectivity index (χ1n) is 8.61. The first-order chi connectivity index (χ1) is 12.4. The molecule has 134 valence electrons. The van der Waals surface area contributed by atoms with Crippen LogP contribution in [0.3, 0.4) is 0 Å². The lowest BCUT2D eigenvalue weighted by Crippen LogP contribution is -2.02. The van der Waals surface area contributed by atoms with Gasteiger partial charge in [0.05, 0.1) is 5.75 Å². The highest BCUT2D eigenvalue weighted by Crippen LogP contribution is 2.25. The molecule has 0 fully saturated rings. The van der Waals surface area contributed by atoms with E-state index in [-0.39, 0.29) is 11.5 Å². The fourth-order valence-electron chi connectivity index (χ4n) is 2.52. The number of aromatic nitrogens is 2. The lowest BCUT2D eigenvalue weighted by molar-refractivity contribution is 0.102. The number of benzene rings is 2. The fraction of sp³-hybridized carbons (Fsp3) is 0.286. The fourth-order valence-corrected chi connectivity index (χ4v) is 3.18. The van der Waals surface area contributed by atoms with Crippen LogP contribution in [0.2, 0.25) is 0 Å². The Hall–Kier alpha value is -2.40. The van der Waals surface area contributed by atoms with Crippen molar-refractivity contribution in [3.8, 4) is 11.5 Å². The van der Waals surface area contributed by atoms with Crippen molar-refractivity contribution in [3.05, 3.63) is 64.7 Å². The maximum absolute atomic E-state index is 12.3. The molecule has 1 aromatic heterocycles. The monoisotopic (exact) mass is 366 g/mol. The molecule has 3 rings (SSSR count). The van der Waals surface area contributed by atoms with E-state index in [1.165, 1.54) is 28.5 Å². The van der Waals surface area contributed by atoms with Gasteiger partial charge in [-0.1, -0.05) is 55.9 Å². The topological polar surface area (TPSA) is 56.0 Å². The van der Waals surface area contributed by atoms with Crippen LogP contribution in [0.25, 0.3) is 11.5 Å². The third kappa shape index (κ3) is 4.22. The van der Waals surface area contributed by atoms with E-state index in [0.29, 0.717) is 22.6 Å². The van der Waals surface area contributed by atoms with Crippen LogP contribution in [0.4, 0.5) is 0 Å². The van der Waals surface area contributed by atoms with Crippen LogP contribution >= 0.6 is 11.8 Å². The minimum Gasteiger partial charge on any atom is -0.411 e. The molecular weight excluding hydrogens is 344 g/mol. The Bertz CT molecular complexity index is 914. The van der Waals surface area contributed by atoms with Crippen molar-refractivity contribution in [2.75, 3.05) is 5.75 Å². The number of carbonyl (C=O) groups is 1. The lowest BCUT2D eigenvalue weighted by atomic mass is 10.0. The van der Waals surface area contributed by atoms with Gasteiger partial charge in [0.1, 0.15) is 0 Å². The van der Waals surface area contributed by atoms with Gasteiger partial charge in [0.15, 0.2) is 5.78 Å². The molecule has 0 spiro atoms. The smallest absolute Gasteiger partial charge is 0.277 e. The summed E-state index contributed by atoms with van der Waals surface area (Å²) in [5.74, 6) is 1.26. The second-order valence-corrected chi connectivity index (χ2v) is 7.59. The van der Waals surface area contributed by atoms with Gasteiger partial charge < -0.3 is 4.42 Å². The average Bonchev–Trinajstić information content (AvgIpc) is 3.11. The molecule has 0 unspecified atom stereocenters. The van der Waals surface area contributed by atoms with Gasteiger partial charge in [-0.3, -0.25) is 4.79 Å². The normalized spacial score (nSPS) is 11.1. The third-order valence-electron chi connectivity index (χ3n) is 4.39. The second kappa shape index (κ2) is 7.87. The number of rotatable bonds is 6. The van der Waals surface area contributed by atoms with Gasteiger partial charge in [-0.05, 0) is 48.6 Å². The number of aryl methyl sites for hydroxylation is 2. The molecule has 3 aromatic rings. The number of ketones is 1. The summed E-state index contributed by atoms with van der Waals surface area (Å²) in [6.45, 7) is 8.38. The first-order valence-corrected chi connectivity index (χ1v) is 9.59. The molecule has 0 amide bonds. The summed E-state index contributed by atoms with van der Waals surface area (Å²) in [4.78, 5) is 12.3. The van der Waals surface area contributed by atoms with Gasteiger partial charge in [-0.15, -0.1) is 10.2 Å². The van der Waals surface area contributed by atoms with Crippen molar-refractivity contribution < 1.29 is 9.21 Å². The summed E-state index contributed by atoms with van der Waals surface area (Å²) in [7, 11) is 0. The van der Waals surface area contributed by atoms with E-state index in [2.05, 4.69) is 31.0 Å². The third-order valence-corrected chi connectivity index (χ3v) is 5.20. The summed E-state index contributed by atoms with van der Waals surface area (Å²) in [6, 6.07) is 13.8. The van der Waals surface area contributed by atoms with Crippen molar-refractivity contribution in [1.29, 1.82) is 0 Å². The quantitative estimate of drug-likeness (QED) is 0.429. The Labute approximate surface area is 158 Å². The van der Waals surface area contributed by atoms with Crippen molar-refractivity contribution in [2.24, 2.45) is 0 Å². The van der Waals surface area contributed by atoms with E-state index in [4.69, 9.17) is 4.42 Å². The molecule has 5 heteroatoms. The van der Waals surface area contributed by atoms with E-state index in [1.807, 2.05) is 49.4 Å². The first kappa shape index (κ1) is 18.4. The highest BCUT2D eigenvalue weighted by Gasteiger charge is 2.13. The molecular formula is C21H22N2O2S. The molecule has 0 saturated heterocycles. The average molecular weight is 366 g/mol. The maximum atomic E-state index is 12.3. The number of hydrogen-bond acceptors (Lipinski definition) is 5. The van der Waals surface area contributed by atoms with E-state index in [0.717, 1.165) is 5.56 Å². The molecule has 0 aliphatic carbocycles. The standard InChI is InChI=1S/C21H22N2O2S/c1-13(2)16-7-9-17(10-8-16)19(24)12-26-21-23-22-20(25-21)18-6-5-14(3)15(4)11-18/h5-11,13H,12H2,1-4H3. The van der Waals surface area contributed by atoms with E-state index in [9.17, 15) is 4.79 Å². The van der Waals surface area contributed by atoms with Crippen molar-refractivity contribution >= 4 is 17.5 Å². The number of hydrogen-bond donors (Lipinski definition) is 0. The molecule has 0 saturated carbocycles. The highest BCUT2D eigenvalue weighted by molar-refractivity contribution is 7.99. The largest absolute Gasteiger partial charge is 0.411 e. The molecule has 0 N–H and O–H groups in total. The van der Waals surface area contributed by atoms with Crippen LogP contribution in [0.15, 0.2) is 52.1 Å². The van der Waals surface area contributed by atoms with Crippen LogP contribution in [0, 0.1) is 13.8 Å². The van der Waals surface area contributed by atoms with Gasteiger partial charge >= 0.3 is 0 Å². The Kier molecular flexibility index (Phi) is 5.57. The van der Waals surface area contributed by atoms with Crippen molar-refractivity contribution in [1.82, 2.24) is 10.2 Å². The Morgan fingerprint density at radius 1 is 1.04 bits per heavy atom. The zero-order valence-electron chi connectivity index (χ0n) is 15.4. The predicted molar refractivity (Wildman–Crippen MR) is 105 cm³/mol. The van der Waals surface area contributed by atoms with Gasteiger partial charge in [0.2, 0.25) is 5.89 Å². The van der Waals surface area contributed by atoms with E-state index < -0.39 is 0 Å². The Morgan fingerprint density at radius 3 is 2.42 bits per heavy atom. The molecule has 0 aliphatic rings. The molecule has 0 bridgehead atoms. The highest BCUT2D eigenvalue weighted by atomic mass is 32.2. The molecule has 0 aliphatic heterocycles. The summed E-state index contributed by atoms with van der Waals surface area (Å²) in [5, 5.41) is 8.54. The summed E-state index contributed by atoms with van der Waals surface area (Å²) >= 11 is 1.27. The predicted octanol–water partition coefficient (Wildman–Crippen LogP) is 5.45. The molecule has 0 atom stereocenters. The maximum Gasteiger partial charge on any atom is 0.277 e. The van der Waals surface area contributed by atoms with Gasteiger partial charge in [-0.2, -0.15) is 0 Å². The van der Waals surface area contributed by atoms with E-state index >= 15 is 0 Å². The summed E-state index contributed by atoms with van der Waals surface area (Å²) in [5.41, 5.74) is 5.22. The molecule has 1 heterocycles. The van der Waals surface area contributed by atoms with Crippen LogP contribution in [0.5, 0.6) is 0 Å². The van der Waals surface area contributed by atoms with E-state index in [1.54, 1.807) is 0 Å². The Balaban J connectivity index is 1.64. The number of thioether (sulfide) groups is 1. The number of carbonyl (C=O) groups excluding carboxylic acids is 1. The molecule has 26 heavy (non-hydrogen) atoms. The summed E-state index contributed by atoms with van der Waals surface area (Å²) < 4.78 is 5.69. The zero-order valence-corrected chi connectivity index (χ0v) is 16.3.